The van der Waals surface area contributed by atoms with Crippen molar-refractivity contribution in [3.8, 4) is 5.75 Å². The fourth-order valence-corrected chi connectivity index (χ4v) is 3.07. The molecule has 0 bridgehead atoms. The molecule has 1 heterocycles. The number of halogens is 2. The number of anilines is 1. The third-order valence-electron chi connectivity index (χ3n) is 4.53. The van der Waals surface area contributed by atoms with Crippen LogP contribution in [0, 0.1) is 0 Å². The first-order valence-electron chi connectivity index (χ1n) is 9.53. The quantitative estimate of drug-likeness (QED) is 0.539. The highest BCUT2D eigenvalue weighted by Gasteiger charge is 2.19. The zero-order chi connectivity index (χ0) is 21.7. The zero-order valence-electron chi connectivity index (χ0n) is 16.4. The number of benzene rings is 2. The van der Waals surface area contributed by atoms with Gasteiger partial charge in [0.15, 0.2) is 6.67 Å². The van der Waals surface area contributed by atoms with E-state index in [1.807, 2.05) is 6.92 Å². The van der Waals surface area contributed by atoms with Gasteiger partial charge in [0.1, 0.15) is 16.9 Å². The fourth-order valence-electron chi connectivity index (χ4n) is 3.07. The van der Waals surface area contributed by atoms with Crippen LogP contribution in [0.2, 0.25) is 0 Å². The SMILES string of the molecule is CCCc1c(OC(F)CF)ccc2cc(C(=O)Nc3ccc(CN)cc3)c(=O)oc12. The molecule has 158 valence electrons. The number of carbonyl (C=O) groups is 1. The van der Waals surface area contributed by atoms with E-state index in [0.717, 1.165) is 5.56 Å². The summed E-state index contributed by atoms with van der Waals surface area (Å²) in [7, 11) is 0. The molecule has 0 aliphatic rings. The molecule has 0 spiro atoms. The van der Waals surface area contributed by atoms with E-state index in [-0.39, 0.29) is 16.9 Å². The minimum Gasteiger partial charge on any atom is -0.457 e. The highest BCUT2D eigenvalue weighted by atomic mass is 19.2. The lowest BCUT2D eigenvalue weighted by atomic mass is 10.0. The number of ether oxygens (including phenoxy) is 1. The Balaban J connectivity index is 1.97. The van der Waals surface area contributed by atoms with Gasteiger partial charge in [-0.05, 0) is 42.3 Å². The Bertz CT molecular complexity index is 1100. The summed E-state index contributed by atoms with van der Waals surface area (Å²) in [4.78, 5) is 25.1. The van der Waals surface area contributed by atoms with E-state index in [9.17, 15) is 18.4 Å². The predicted molar refractivity (Wildman–Crippen MR) is 110 cm³/mol. The number of hydrogen-bond acceptors (Lipinski definition) is 5. The van der Waals surface area contributed by atoms with Crippen LogP contribution in [-0.4, -0.2) is 18.9 Å². The summed E-state index contributed by atoms with van der Waals surface area (Å²) in [5.41, 5.74) is 6.60. The summed E-state index contributed by atoms with van der Waals surface area (Å²) in [5.74, 6) is -0.514. The molecule has 0 radical (unpaired) electrons. The van der Waals surface area contributed by atoms with Gasteiger partial charge in [0, 0.05) is 23.2 Å². The molecule has 2 aromatic carbocycles. The second kappa shape index (κ2) is 9.49. The van der Waals surface area contributed by atoms with E-state index in [2.05, 4.69) is 5.32 Å². The van der Waals surface area contributed by atoms with Crippen molar-refractivity contribution < 1.29 is 22.7 Å². The van der Waals surface area contributed by atoms with Crippen LogP contribution in [0.3, 0.4) is 0 Å². The van der Waals surface area contributed by atoms with E-state index in [4.69, 9.17) is 14.9 Å². The minimum atomic E-state index is -2.11. The molecule has 0 saturated carbocycles. The number of fused-ring (bicyclic) bond motifs is 1. The van der Waals surface area contributed by atoms with E-state index < -0.39 is 24.6 Å². The second-order valence-electron chi connectivity index (χ2n) is 6.70. The molecule has 1 aromatic heterocycles. The van der Waals surface area contributed by atoms with Gasteiger partial charge in [-0.3, -0.25) is 4.79 Å². The monoisotopic (exact) mass is 416 g/mol. The molecule has 3 aromatic rings. The molecule has 6 nitrogen and oxygen atoms in total. The van der Waals surface area contributed by atoms with Crippen LogP contribution < -0.4 is 21.4 Å². The number of rotatable bonds is 8. The molecule has 0 fully saturated rings. The summed E-state index contributed by atoms with van der Waals surface area (Å²) in [6.07, 6.45) is -1.03. The molecule has 1 unspecified atom stereocenters. The first kappa shape index (κ1) is 21.4. The normalized spacial score (nSPS) is 12.0. The van der Waals surface area contributed by atoms with Crippen molar-refractivity contribution in [3.63, 3.8) is 0 Å². The number of alkyl halides is 2. The van der Waals surface area contributed by atoms with Gasteiger partial charge in [0.2, 0.25) is 0 Å². The van der Waals surface area contributed by atoms with Crippen LogP contribution in [-0.2, 0) is 13.0 Å². The molecule has 3 N–H and O–H groups in total. The summed E-state index contributed by atoms with van der Waals surface area (Å²) in [6.45, 7) is 0.974. The van der Waals surface area contributed by atoms with Gasteiger partial charge >= 0.3 is 5.63 Å². The van der Waals surface area contributed by atoms with E-state index in [1.54, 1.807) is 24.3 Å². The van der Waals surface area contributed by atoms with Gasteiger partial charge in [0.25, 0.3) is 12.3 Å². The molecule has 0 aliphatic heterocycles. The van der Waals surface area contributed by atoms with Crippen LogP contribution in [0.25, 0.3) is 11.0 Å². The molecule has 0 saturated heterocycles. The van der Waals surface area contributed by atoms with Gasteiger partial charge < -0.3 is 20.2 Å². The molecule has 1 atom stereocenters. The summed E-state index contributed by atoms with van der Waals surface area (Å²) in [5, 5.41) is 3.12. The molecular formula is C22H22F2N2O4. The lowest BCUT2D eigenvalue weighted by molar-refractivity contribution is 0.0426. The van der Waals surface area contributed by atoms with Gasteiger partial charge in [-0.25, -0.2) is 9.18 Å². The number of aryl methyl sites for hydroxylation is 1. The van der Waals surface area contributed by atoms with Crippen molar-refractivity contribution in [2.24, 2.45) is 5.73 Å². The number of carbonyl (C=O) groups excluding carboxylic acids is 1. The van der Waals surface area contributed by atoms with E-state index in [1.165, 1.54) is 18.2 Å². The van der Waals surface area contributed by atoms with Crippen molar-refractivity contribution >= 4 is 22.6 Å². The third kappa shape index (κ3) is 4.65. The molecule has 8 heteroatoms. The van der Waals surface area contributed by atoms with Crippen molar-refractivity contribution in [3.05, 3.63) is 69.6 Å². The number of nitrogens with one attached hydrogen (secondary N) is 1. The first-order chi connectivity index (χ1) is 14.5. The summed E-state index contributed by atoms with van der Waals surface area (Å²) >= 11 is 0. The number of nitrogens with two attached hydrogens (primary N) is 1. The van der Waals surface area contributed by atoms with Gasteiger partial charge in [-0.1, -0.05) is 25.5 Å². The van der Waals surface area contributed by atoms with Crippen molar-refractivity contribution in [1.29, 1.82) is 0 Å². The highest BCUT2D eigenvalue weighted by Crippen LogP contribution is 2.30. The van der Waals surface area contributed by atoms with E-state index >= 15 is 0 Å². The Morgan fingerprint density at radius 1 is 1.23 bits per heavy atom. The standard InChI is InChI=1S/C22H22F2N2O4/c1-2-3-16-18(29-19(24)11-23)9-6-14-10-17(22(28)30-20(14)16)21(27)26-15-7-4-13(12-25)5-8-15/h4-10,19H,2-3,11-12,25H2,1H3,(H,26,27). The summed E-state index contributed by atoms with van der Waals surface area (Å²) < 4.78 is 36.3. The topological polar surface area (TPSA) is 94.6 Å². The van der Waals surface area contributed by atoms with E-state index in [0.29, 0.717) is 36.0 Å². The maximum Gasteiger partial charge on any atom is 0.349 e. The Labute approximate surface area is 171 Å². The van der Waals surface area contributed by atoms with Gasteiger partial charge in [0.05, 0.1) is 0 Å². The maximum atomic E-state index is 13.4. The van der Waals surface area contributed by atoms with Crippen LogP contribution in [0.1, 0.15) is 34.8 Å². The molecular weight excluding hydrogens is 394 g/mol. The molecule has 1 amide bonds. The molecule has 3 rings (SSSR count). The fraction of sp³-hybridized carbons (Fsp3) is 0.273. The van der Waals surface area contributed by atoms with Gasteiger partial charge in [-0.2, -0.15) is 4.39 Å². The Hall–Kier alpha value is -3.26. The van der Waals surface area contributed by atoms with Crippen LogP contribution in [0.15, 0.2) is 51.7 Å². The zero-order valence-corrected chi connectivity index (χ0v) is 16.4. The van der Waals surface area contributed by atoms with Crippen LogP contribution >= 0.6 is 0 Å². The van der Waals surface area contributed by atoms with Crippen molar-refractivity contribution in [1.82, 2.24) is 0 Å². The average Bonchev–Trinajstić information content (AvgIpc) is 2.75. The Morgan fingerprint density at radius 3 is 2.60 bits per heavy atom. The molecule has 30 heavy (non-hydrogen) atoms. The third-order valence-corrected chi connectivity index (χ3v) is 4.53. The number of amides is 1. The lowest BCUT2D eigenvalue weighted by Gasteiger charge is -2.14. The second-order valence-corrected chi connectivity index (χ2v) is 6.70. The molecule has 0 aliphatic carbocycles. The van der Waals surface area contributed by atoms with Crippen molar-refractivity contribution in [2.75, 3.05) is 12.0 Å². The van der Waals surface area contributed by atoms with Gasteiger partial charge in [-0.15, -0.1) is 0 Å². The highest BCUT2D eigenvalue weighted by molar-refractivity contribution is 6.05. The number of hydrogen-bond donors (Lipinski definition) is 2. The lowest BCUT2D eigenvalue weighted by Crippen LogP contribution is -2.21. The van der Waals surface area contributed by atoms with Crippen LogP contribution in [0.5, 0.6) is 5.75 Å². The smallest absolute Gasteiger partial charge is 0.349 e. The summed E-state index contributed by atoms with van der Waals surface area (Å²) in [6, 6.07) is 11.3. The van der Waals surface area contributed by atoms with Crippen LogP contribution in [0.4, 0.5) is 14.5 Å². The minimum absolute atomic E-state index is 0.106. The Kier molecular flexibility index (Phi) is 6.79. The average molecular weight is 416 g/mol. The maximum absolute atomic E-state index is 13.4. The first-order valence-corrected chi connectivity index (χ1v) is 9.53. The Morgan fingerprint density at radius 2 is 1.97 bits per heavy atom. The predicted octanol–water partition coefficient (Wildman–Crippen LogP) is 4.10. The largest absolute Gasteiger partial charge is 0.457 e. The van der Waals surface area contributed by atoms with Crippen molar-refractivity contribution in [2.45, 2.75) is 32.7 Å².